The second-order valence-electron chi connectivity index (χ2n) is 3.45. The minimum Gasteiger partial charge on any atom is -0.462 e. The van der Waals surface area contributed by atoms with Crippen molar-refractivity contribution in [3.63, 3.8) is 0 Å². The highest BCUT2D eigenvalue weighted by atomic mass is 32.1. The van der Waals surface area contributed by atoms with Gasteiger partial charge in [-0.25, -0.2) is 4.79 Å². The summed E-state index contributed by atoms with van der Waals surface area (Å²) in [7, 11) is 0. The molecule has 0 radical (unpaired) electrons. The Labute approximate surface area is 92.1 Å². The number of hydrogen-bond acceptors (Lipinski definition) is 4. The second kappa shape index (κ2) is 4.14. The molecule has 0 aromatic carbocycles. The molecule has 80 valence electrons. The summed E-state index contributed by atoms with van der Waals surface area (Å²) in [4.78, 5) is 23.8. The highest BCUT2D eigenvalue weighted by molar-refractivity contribution is 7.12. The number of fused-ring (bicyclic) bond motifs is 1. The van der Waals surface area contributed by atoms with Crippen LogP contribution in [0.15, 0.2) is 5.38 Å². The molecular formula is C11H12O3S. The van der Waals surface area contributed by atoms with E-state index in [1.807, 2.05) is 0 Å². The van der Waals surface area contributed by atoms with Gasteiger partial charge in [0, 0.05) is 11.8 Å². The van der Waals surface area contributed by atoms with Gasteiger partial charge in [0.1, 0.15) is 0 Å². The van der Waals surface area contributed by atoms with Crippen molar-refractivity contribution in [1.29, 1.82) is 0 Å². The van der Waals surface area contributed by atoms with Crippen LogP contribution in [0.3, 0.4) is 0 Å². The summed E-state index contributed by atoms with van der Waals surface area (Å²) in [5.74, 6) is -0.138. The van der Waals surface area contributed by atoms with E-state index >= 15 is 0 Å². The molecule has 0 fully saturated rings. The zero-order chi connectivity index (χ0) is 10.8. The van der Waals surface area contributed by atoms with E-state index in [1.165, 1.54) is 11.3 Å². The van der Waals surface area contributed by atoms with E-state index in [0.717, 1.165) is 23.3 Å². The topological polar surface area (TPSA) is 43.4 Å². The van der Waals surface area contributed by atoms with Gasteiger partial charge in [-0.15, -0.1) is 11.3 Å². The molecule has 1 aromatic rings. The molecule has 1 heterocycles. The Morgan fingerprint density at radius 2 is 2.33 bits per heavy atom. The predicted molar refractivity (Wildman–Crippen MR) is 57.5 cm³/mol. The minimum atomic E-state index is -0.301. The van der Waals surface area contributed by atoms with E-state index < -0.39 is 0 Å². The van der Waals surface area contributed by atoms with Crippen LogP contribution in [0.5, 0.6) is 0 Å². The highest BCUT2D eigenvalue weighted by Gasteiger charge is 2.25. The van der Waals surface area contributed by atoms with Crippen molar-refractivity contribution >= 4 is 23.1 Å². The molecule has 0 unspecified atom stereocenters. The van der Waals surface area contributed by atoms with Gasteiger partial charge in [-0.1, -0.05) is 0 Å². The molecule has 0 saturated carbocycles. The maximum absolute atomic E-state index is 11.6. The highest BCUT2D eigenvalue weighted by Crippen LogP contribution is 2.30. The molecule has 4 heteroatoms. The molecule has 1 aromatic heterocycles. The van der Waals surface area contributed by atoms with Crippen LogP contribution in [-0.2, 0) is 11.2 Å². The number of carbonyl (C=O) groups excluding carboxylic acids is 2. The van der Waals surface area contributed by atoms with Gasteiger partial charge in [-0.2, -0.15) is 0 Å². The SMILES string of the molecule is CCOC(=O)c1csc2c1CCCC2=O. The molecule has 2 rings (SSSR count). The fourth-order valence-corrected chi connectivity index (χ4v) is 2.85. The van der Waals surface area contributed by atoms with E-state index in [1.54, 1.807) is 12.3 Å². The van der Waals surface area contributed by atoms with Crippen molar-refractivity contribution in [2.24, 2.45) is 0 Å². The first-order valence-electron chi connectivity index (χ1n) is 5.04. The Balaban J connectivity index is 2.34. The lowest BCUT2D eigenvalue weighted by Gasteiger charge is -2.11. The summed E-state index contributed by atoms with van der Waals surface area (Å²) in [6.45, 7) is 2.15. The Bertz CT molecular complexity index is 406. The Morgan fingerprint density at radius 1 is 1.53 bits per heavy atom. The molecule has 0 spiro atoms. The summed E-state index contributed by atoms with van der Waals surface area (Å²) in [5.41, 5.74) is 1.49. The summed E-state index contributed by atoms with van der Waals surface area (Å²) >= 11 is 1.36. The molecule has 0 saturated heterocycles. The van der Waals surface area contributed by atoms with Crippen LogP contribution in [0.1, 0.15) is 45.4 Å². The zero-order valence-corrected chi connectivity index (χ0v) is 9.36. The molecule has 1 aliphatic rings. The molecule has 0 bridgehead atoms. The minimum absolute atomic E-state index is 0.164. The maximum Gasteiger partial charge on any atom is 0.339 e. The van der Waals surface area contributed by atoms with Crippen LogP contribution in [-0.4, -0.2) is 18.4 Å². The van der Waals surface area contributed by atoms with E-state index in [-0.39, 0.29) is 11.8 Å². The smallest absolute Gasteiger partial charge is 0.339 e. The summed E-state index contributed by atoms with van der Waals surface area (Å²) < 4.78 is 4.94. The first-order valence-corrected chi connectivity index (χ1v) is 5.92. The average molecular weight is 224 g/mol. The van der Waals surface area contributed by atoms with Gasteiger partial charge < -0.3 is 4.74 Å². The maximum atomic E-state index is 11.6. The molecular weight excluding hydrogens is 212 g/mol. The van der Waals surface area contributed by atoms with E-state index in [2.05, 4.69) is 0 Å². The first kappa shape index (κ1) is 10.4. The van der Waals surface area contributed by atoms with Gasteiger partial charge in [-0.3, -0.25) is 4.79 Å². The fraction of sp³-hybridized carbons (Fsp3) is 0.455. The van der Waals surface area contributed by atoms with Crippen molar-refractivity contribution in [2.75, 3.05) is 6.61 Å². The van der Waals surface area contributed by atoms with Crippen LogP contribution in [0.25, 0.3) is 0 Å². The molecule has 1 aliphatic carbocycles. The lowest BCUT2D eigenvalue weighted by molar-refractivity contribution is 0.0525. The Morgan fingerprint density at radius 3 is 3.07 bits per heavy atom. The number of ketones is 1. The third-order valence-corrected chi connectivity index (χ3v) is 3.54. The molecule has 0 aliphatic heterocycles. The number of hydrogen-bond donors (Lipinski definition) is 0. The van der Waals surface area contributed by atoms with Crippen molar-refractivity contribution in [1.82, 2.24) is 0 Å². The van der Waals surface area contributed by atoms with Crippen LogP contribution < -0.4 is 0 Å². The van der Waals surface area contributed by atoms with Crippen LogP contribution in [0.4, 0.5) is 0 Å². The number of Topliss-reactive ketones (excluding diaryl/α,β-unsaturated/α-hetero) is 1. The lowest BCUT2D eigenvalue weighted by atomic mass is 9.95. The standard InChI is InChI=1S/C11H12O3S/c1-2-14-11(13)8-6-15-10-7(8)4-3-5-9(10)12/h6H,2-5H2,1H3. The van der Waals surface area contributed by atoms with Gasteiger partial charge in [-0.05, 0) is 25.3 Å². The molecule has 3 nitrogen and oxygen atoms in total. The van der Waals surface area contributed by atoms with Crippen molar-refractivity contribution in [3.8, 4) is 0 Å². The summed E-state index contributed by atoms with van der Waals surface area (Å²) in [6.07, 6.45) is 2.27. The van der Waals surface area contributed by atoms with E-state index in [9.17, 15) is 9.59 Å². The number of esters is 1. The zero-order valence-electron chi connectivity index (χ0n) is 8.54. The van der Waals surface area contributed by atoms with Gasteiger partial charge in [0.25, 0.3) is 0 Å². The normalized spacial score (nSPS) is 14.9. The largest absolute Gasteiger partial charge is 0.462 e. The second-order valence-corrected chi connectivity index (χ2v) is 4.33. The third kappa shape index (κ3) is 1.81. The quantitative estimate of drug-likeness (QED) is 0.725. The molecule has 0 atom stereocenters. The molecule has 0 amide bonds. The van der Waals surface area contributed by atoms with Crippen LogP contribution >= 0.6 is 11.3 Å². The fourth-order valence-electron chi connectivity index (χ4n) is 1.78. The Kier molecular flexibility index (Phi) is 2.86. The number of rotatable bonds is 2. The monoisotopic (exact) mass is 224 g/mol. The average Bonchev–Trinajstić information content (AvgIpc) is 2.63. The third-order valence-electron chi connectivity index (χ3n) is 2.47. The van der Waals surface area contributed by atoms with Gasteiger partial charge in [0.2, 0.25) is 0 Å². The summed E-state index contributed by atoms with van der Waals surface area (Å²) in [6, 6.07) is 0. The van der Waals surface area contributed by atoms with Gasteiger partial charge in [0.15, 0.2) is 5.78 Å². The van der Waals surface area contributed by atoms with Crippen LogP contribution in [0, 0.1) is 0 Å². The van der Waals surface area contributed by atoms with Crippen molar-refractivity contribution in [3.05, 3.63) is 21.4 Å². The molecule has 0 N–H and O–H groups in total. The van der Waals surface area contributed by atoms with Gasteiger partial charge in [0.05, 0.1) is 17.0 Å². The number of thiophene rings is 1. The van der Waals surface area contributed by atoms with Crippen LogP contribution in [0.2, 0.25) is 0 Å². The van der Waals surface area contributed by atoms with Gasteiger partial charge >= 0.3 is 5.97 Å². The van der Waals surface area contributed by atoms with E-state index in [4.69, 9.17) is 4.74 Å². The predicted octanol–water partition coefficient (Wildman–Crippen LogP) is 2.44. The lowest BCUT2D eigenvalue weighted by Crippen LogP contribution is -2.12. The number of carbonyl (C=O) groups is 2. The first-order chi connectivity index (χ1) is 7.24. The van der Waals surface area contributed by atoms with Crippen molar-refractivity contribution in [2.45, 2.75) is 26.2 Å². The van der Waals surface area contributed by atoms with E-state index in [0.29, 0.717) is 18.6 Å². The Hall–Kier alpha value is -1.16. The molecule has 15 heavy (non-hydrogen) atoms. The van der Waals surface area contributed by atoms with Crippen molar-refractivity contribution < 1.29 is 14.3 Å². The summed E-state index contributed by atoms with van der Waals surface area (Å²) in [5, 5.41) is 1.74. The number of ether oxygens (including phenoxy) is 1.